The number of fused-ring (bicyclic) bond motifs is 1. The maximum absolute atomic E-state index is 13.4. The van der Waals surface area contributed by atoms with E-state index >= 15 is 0 Å². The Morgan fingerprint density at radius 1 is 1.17 bits per heavy atom. The number of anilines is 1. The Kier molecular flexibility index (Phi) is 11.6. The summed E-state index contributed by atoms with van der Waals surface area (Å²) in [7, 11) is 3.57. The van der Waals surface area contributed by atoms with E-state index in [9.17, 15) is 19.2 Å². The minimum Gasteiger partial charge on any atom is -0.388 e. The summed E-state index contributed by atoms with van der Waals surface area (Å²) in [6, 6.07) is 6.50. The standard InChI is InChI=1S/C23H35N5O3.C4H6O/c1-15(24-2)21(29)27-19-10-5-4-9-18-11-12-20(28(18)23(19)31)22(30)26-14-16-7-6-8-17(13-16)25-3;1-4(2)3-5/h6-8,13,15,18-20,24-25H,4-5,9-12,14H2,1-3H3,(H,26,30)(H,27,29);3H,1H2,2H3. The summed E-state index contributed by atoms with van der Waals surface area (Å²) in [6.07, 6.45) is 5.61. The van der Waals surface area contributed by atoms with E-state index in [-0.39, 0.29) is 29.8 Å². The topological polar surface area (TPSA) is 120 Å². The molecule has 2 fully saturated rings. The minimum absolute atomic E-state index is 0.0669. The molecule has 0 radical (unpaired) electrons. The van der Waals surface area contributed by atoms with Crippen LogP contribution in [-0.4, -0.2) is 67.2 Å². The van der Waals surface area contributed by atoms with Gasteiger partial charge in [0.1, 0.15) is 18.4 Å². The van der Waals surface area contributed by atoms with Crippen LogP contribution in [0.4, 0.5) is 5.69 Å². The molecule has 0 aliphatic carbocycles. The quantitative estimate of drug-likeness (QED) is 0.321. The average molecular weight is 500 g/mol. The van der Waals surface area contributed by atoms with Crippen LogP contribution < -0.4 is 21.3 Å². The predicted molar refractivity (Wildman–Crippen MR) is 141 cm³/mol. The maximum atomic E-state index is 13.4. The highest BCUT2D eigenvalue weighted by atomic mass is 16.2. The van der Waals surface area contributed by atoms with Gasteiger partial charge in [-0.3, -0.25) is 19.2 Å². The predicted octanol–water partition coefficient (Wildman–Crippen LogP) is 2.13. The molecule has 198 valence electrons. The summed E-state index contributed by atoms with van der Waals surface area (Å²) < 4.78 is 0. The van der Waals surface area contributed by atoms with Gasteiger partial charge in [0.05, 0.1) is 6.04 Å². The zero-order chi connectivity index (χ0) is 26.7. The third-order valence-corrected chi connectivity index (χ3v) is 6.66. The van der Waals surface area contributed by atoms with Crippen LogP contribution in [0.15, 0.2) is 36.4 Å². The molecule has 2 aliphatic rings. The molecule has 36 heavy (non-hydrogen) atoms. The second kappa shape index (κ2) is 14.4. The number of rotatable bonds is 8. The van der Waals surface area contributed by atoms with Crippen molar-refractivity contribution in [3.63, 3.8) is 0 Å². The van der Waals surface area contributed by atoms with Crippen molar-refractivity contribution < 1.29 is 19.2 Å². The summed E-state index contributed by atoms with van der Waals surface area (Å²) in [6.45, 7) is 7.14. The lowest BCUT2D eigenvalue weighted by Gasteiger charge is -2.35. The van der Waals surface area contributed by atoms with Crippen LogP contribution in [0.1, 0.15) is 57.9 Å². The number of nitrogens with zero attached hydrogens (tertiary/aromatic N) is 1. The first kappa shape index (κ1) is 29.0. The fourth-order valence-electron chi connectivity index (χ4n) is 4.49. The fourth-order valence-corrected chi connectivity index (χ4v) is 4.49. The number of benzene rings is 1. The molecule has 4 unspecified atom stereocenters. The fraction of sp³-hybridized carbons (Fsp3) is 0.556. The second-order valence-corrected chi connectivity index (χ2v) is 9.48. The number of nitrogens with one attached hydrogen (secondary N) is 4. The molecule has 1 aromatic rings. The second-order valence-electron chi connectivity index (χ2n) is 9.48. The highest BCUT2D eigenvalue weighted by molar-refractivity contribution is 5.93. The molecule has 4 atom stereocenters. The molecule has 1 aromatic carbocycles. The Balaban J connectivity index is 0.000000830. The van der Waals surface area contributed by atoms with Gasteiger partial charge in [0.25, 0.3) is 0 Å². The van der Waals surface area contributed by atoms with Gasteiger partial charge in [-0.2, -0.15) is 0 Å². The Morgan fingerprint density at radius 3 is 2.50 bits per heavy atom. The number of hydrogen-bond donors (Lipinski definition) is 4. The molecule has 9 nitrogen and oxygen atoms in total. The number of hydrogen-bond acceptors (Lipinski definition) is 6. The van der Waals surface area contributed by atoms with E-state index < -0.39 is 12.1 Å². The van der Waals surface area contributed by atoms with Gasteiger partial charge in [0, 0.05) is 25.3 Å². The Bertz CT molecular complexity index is 934. The largest absolute Gasteiger partial charge is 0.388 e. The number of carbonyl (C=O) groups is 4. The van der Waals surface area contributed by atoms with Crippen molar-refractivity contribution in [2.24, 2.45) is 0 Å². The summed E-state index contributed by atoms with van der Waals surface area (Å²) in [5, 5.41) is 11.9. The molecule has 0 bridgehead atoms. The molecule has 3 amide bonds. The highest BCUT2D eigenvalue weighted by Crippen LogP contribution is 2.31. The van der Waals surface area contributed by atoms with Crippen LogP contribution in [0, 0.1) is 0 Å². The van der Waals surface area contributed by atoms with Crippen molar-refractivity contribution in [2.75, 3.05) is 19.4 Å². The van der Waals surface area contributed by atoms with Gasteiger partial charge in [-0.05, 0) is 69.8 Å². The van der Waals surface area contributed by atoms with Gasteiger partial charge < -0.3 is 26.2 Å². The van der Waals surface area contributed by atoms with Crippen molar-refractivity contribution in [1.82, 2.24) is 20.9 Å². The first-order chi connectivity index (χ1) is 17.2. The van der Waals surface area contributed by atoms with E-state index in [1.165, 1.54) is 0 Å². The van der Waals surface area contributed by atoms with Crippen molar-refractivity contribution in [3.8, 4) is 0 Å². The molecule has 9 heteroatoms. The summed E-state index contributed by atoms with van der Waals surface area (Å²) >= 11 is 0. The minimum atomic E-state index is -0.577. The van der Waals surface area contributed by atoms with Crippen LogP contribution in [0.3, 0.4) is 0 Å². The lowest BCUT2D eigenvalue weighted by Crippen LogP contribution is -2.57. The van der Waals surface area contributed by atoms with Crippen LogP contribution in [0.5, 0.6) is 0 Å². The SMILES string of the molecule is C=C(C)C=O.CNc1cccc(CNC(=O)C2CCC3CCCCC(NC(=O)C(C)NC)C(=O)N32)c1. The normalized spacial score (nSPS) is 22.1. The average Bonchev–Trinajstić information content (AvgIpc) is 3.30. The first-order valence-electron chi connectivity index (χ1n) is 12.7. The van der Waals surface area contributed by atoms with E-state index in [4.69, 9.17) is 0 Å². The Labute approximate surface area is 214 Å². The summed E-state index contributed by atoms with van der Waals surface area (Å²) in [4.78, 5) is 50.0. The van der Waals surface area contributed by atoms with Gasteiger partial charge >= 0.3 is 0 Å². The van der Waals surface area contributed by atoms with Gasteiger partial charge in [-0.15, -0.1) is 0 Å². The van der Waals surface area contributed by atoms with Crippen molar-refractivity contribution in [2.45, 2.75) is 83.1 Å². The molecule has 2 aliphatic heterocycles. The lowest BCUT2D eigenvalue weighted by atomic mass is 9.98. The molecule has 2 heterocycles. The molecular formula is C27H41N5O4. The van der Waals surface area contributed by atoms with E-state index in [0.717, 1.165) is 43.2 Å². The monoisotopic (exact) mass is 499 g/mol. The molecule has 0 aromatic heterocycles. The lowest BCUT2D eigenvalue weighted by molar-refractivity contribution is -0.144. The summed E-state index contributed by atoms with van der Waals surface area (Å²) in [5.74, 6) is -0.446. The molecular weight excluding hydrogens is 458 g/mol. The maximum Gasteiger partial charge on any atom is 0.246 e. The van der Waals surface area contributed by atoms with Crippen LogP contribution in [0.25, 0.3) is 0 Å². The van der Waals surface area contributed by atoms with Gasteiger partial charge in [0.2, 0.25) is 17.7 Å². The third-order valence-electron chi connectivity index (χ3n) is 6.66. The molecule has 4 N–H and O–H groups in total. The highest BCUT2D eigenvalue weighted by Gasteiger charge is 2.43. The third kappa shape index (κ3) is 8.19. The molecule has 2 saturated heterocycles. The molecule has 0 saturated carbocycles. The van der Waals surface area contributed by atoms with E-state index in [2.05, 4.69) is 27.8 Å². The smallest absolute Gasteiger partial charge is 0.246 e. The van der Waals surface area contributed by atoms with Crippen molar-refractivity contribution in [1.29, 1.82) is 0 Å². The molecule has 0 spiro atoms. The number of aldehydes is 1. The van der Waals surface area contributed by atoms with Crippen LogP contribution in [-0.2, 0) is 25.7 Å². The summed E-state index contributed by atoms with van der Waals surface area (Å²) in [5.41, 5.74) is 2.56. The van der Waals surface area contributed by atoms with Gasteiger partial charge in [-0.1, -0.05) is 31.6 Å². The van der Waals surface area contributed by atoms with Gasteiger partial charge in [0.15, 0.2) is 0 Å². The van der Waals surface area contributed by atoms with Crippen LogP contribution >= 0.6 is 0 Å². The number of amides is 3. The number of carbonyl (C=O) groups excluding carboxylic acids is 4. The van der Waals surface area contributed by atoms with E-state index in [0.29, 0.717) is 25.0 Å². The molecule has 3 rings (SSSR count). The number of allylic oxidation sites excluding steroid dienone is 1. The Hall–Kier alpha value is -3.20. The van der Waals surface area contributed by atoms with E-state index in [1.807, 2.05) is 31.3 Å². The zero-order valence-electron chi connectivity index (χ0n) is 21.9. The van der Waals surface area contributed by atoms with Crippen molar-refractivity contribution in [3.05, 3.63) is 42.0 Å². The van der Waals surface area contributed by atoms with Gasteiger partial charge in [-0.25, -0.2) is 0 Å². The number of likely N-dealkylation sites (N-methyl/N-ethyl adjacent to an activating group) is 1. The van der Waals surface area contributed by atoms with Crippen molar-refractivity contribution >= 4 is 29.7 Å². The van der Waals surface area contributed by atoms with Crippen LogP contribution in [0.2, 0.25) is 0 Å². The van der Waals surface area contributed by atoms with E-state index in [1.54, 1.807) is 25.8 Å². The zero-order valence-corrected chi connectivity index (χ0v) is 21.9. The Morgan fingerprint density at radius 2 is 1.86 bits per heavy atom. The first-order valence-corrected chi connectivity index (χ1v) is 12.7.